The molecule has 1 aliphatic rings. The van der Waals surface area contributed by atoms with Crippen LogP contribution in [0.15, 0.2) is 18.2 Å². The molecule has 0 amide bonds. The minimum absolute atomic E-state index is 0.0126. The van der Waals surface area contributed by atoms with Crippen LogP contribution in [-0.4, -0.2) is 42.7 Å². The third-order valence-corrected chi connectivity index (χ3v) is 3.28. The Morgan fingerprint density at radius 1 is 1.61 bits per heavy atom. The largest absolute Gasteiger partial charge is 0.478 e. The summed E-state index contributed by atoms with van der Waals surface area (Å²) in [5, 5.41) is 12.1. The van der Waals surface area contributed by atoms with Crippen molar-refractivity contribution in [3.63, 3.8) is 0 Å². The lowest BCUT2D eigenvalue weighted by atomic mass is 10.1. The molecule has 0 bridgehead atoms. The molecule has 0 saturated carbocycles. The average molecular weight is 252 g/mol. The van der Waals surface area contributed by atoms with Crippen molar-refractivity contribution in [2.45, 2.75) is 6.42 Å². The molecule has 0 radical (unpaired) electrons. The van der Waals surface area contributed by atoms with Crippen molar-refractivity contribution in [2.24, 2.45) is 5.92 Å². The van der Waals surface area contributed by atoms with Crippen LogP contribution in [0.2, 0.25) is 0 Å². The lowest BCUT2D eigenvalue weighted by Gasteiger charge is -2.14. The van der Waals surface area contributed by atoms with E-state index in [1.54, 1.807) is 0 Å². The second kappa shape index (κ2) is 5.35. The van der Waals surface area contributed by atoms with E-state index in [1.165, 1.54) is 12.1 Å². The third kappa shape index (κ3) is 2.98. The lowest BCUT2D eigenvalue weighted by Crippen LogP contribution is -2.20. The highest BCUT2D eigenvalue weighted by Crippen LogP contribution is 2.20. The van der Waals surface area contributed by atoms with Crippen molar-refractivity contribution in [1.29, 1.82) is 0 Å². The number of hydrogen-bond donors (Lipinski definition) is 2. The third-order valence-electron chi connectivity index (χ3n) is 3.28. The number of carbonyl (C=O) groups is 1. The van der Waals surface area contributed by atoms with Crippen LogP contribution in [0.5, 0.6) is 0 Å². The van der Waals surface area contributed by atoms with E-state index in [0.717, 1.165) is 32.1 Å². The summed E-state index contributed by atoms with van der Waals surface area (Å²) in [5.74, 6) is -1.12. The zero-order valence-corrected chi connectivity index (χ0v) is 10.3. The van der Waals surface area contributed by atoms with Crippen molar-refractivity contribution in [3.8, 4) is 0 Å². The molecule has 1 saturated heterocycles. The van der Waals surface area contributed by atoms with Gasteiger partial charge in [-0.15, -0.1) is 0 Å². The number of anilines is 1. The van der Waals surface area contributed by atoms with Gasteiger partial charge >= 0.3 is 5.97 Å². The van der Waals surface area contributed by atoms with E-state index in [4.69, 9.17) is 5.11 Å². The number of benzene rings is 1. The van der Waals surface area contributed by atoms with Crippen LogP contribution >= 0.6 is 0 Å². The van der Waals surface area contributed by atoms with E-state index in [9.17, 15) is 9.18 Å². The zero-order chi connectivity index (χ0) is 13.1. The molecule has 0 aromatic heterocycles. The predicted molar refractivity (Wildman–Crippen MR) is 67.5 cm³/mol. The van der Waals surface area contributed by atoms with Gasteiger partial charge in [0.2, 0.25) is 0 Å². The summed E-state index contributed by atoms with van der Waals surface area (Å²) in [5.41, 5.74) is 0.472. The number of aromatic carboxylic acids is 1. The van der Waals surface area contributed by atoms with Crippen molar-refractivity contribution in [1.82, 2.24) is 4.90 Å². The fourth-order valence-corrected chi connectivity index (χ4v) is 2.29. The highest BCUT2D eigenvalue weighted by atomic mass is 19.1. The highest BCUT2D eigenvalue weighted by molar-refractivity contribution is 5.94. The van der Waals surface area contributed by atoms with Crippen LogP contribution in [-0.2, 0) is 0 Å². The summed E-state index contributed by atoms with van der Waals surface area (Å²) in [4.78, 5) is 13.3. The average Bonchev–Trinajstić information content (AvgIpc) is 2.73. The van der Waals surface area contributed by atoms with Crippen LogP contribution in [0.4, 0.5) is 10.1 Å². The van der Waals surface area contributed by atoms with E-state index in [2.05, 4.69) is 17.3 Å². The maximum absolute atomic E-state index is 13.0. The number of likely N-dealkylation sites (tertiary alicyclic amines) is 1. The van der Waals surface area contributed by atoms with Gasteiger partial charge in [-0.05, 0) is 44.1 Å². The molecule has 5 heteroatoms. The molecule has 1 aliphatic heterocycles. The van der Waals surface area contributed by atoms with Crippen molar-refractivity contribution >= 4 is 11.7 Å². The minimum atomic E-state index is -1.11. The summed E-state index contributed by atoms with van der Waals surface area (Å²) in [6, 6.07) is 3.80. The first kappa shape index (κ1) is 12.8. The first-order valence-corrected chi connectivity index (χ1v) is 6.01. The van der Waals surface area contributed by atoms with E-state index in [-0.39, 0.29) is 5.56 Å². The van der Waals surface area contributed by atoms with E-state index in [1.807, 2.05) is 0 Å². The molecule has 2 rings (SSSR count). The minimum Gasteiger partial charge on any atom is -0.478 e. The van der Waals surface area contributed by atoms with Gasteiger partial charge in [0, 0.05) is 18.8 Å². The molecule has 98 valence electrons. The Morgan fingerprint density at radius 2 is 2.39 bits per heavy atom. The second-order valence-electron chi connectivity index (χ2n) is 4.79. The summed E-state index contributed by atoms with van der Waals surface area (Å²) < 4.78 is 13.0. The fourth-order valence-electron chi connectivity index (χ4n) is 2.29. The molecular formula is C13H17FN2O2. The summed E-state index contributed by atoms with van der Waals surface area (Å²) in [7, 11) is 2.07. The molecule has 18 heavy (non-hydrogen) atoms. The molecule has 4 nitrogen and oxygen atoms in total. The Bertz CT molecular complexity index is 451. The van der Waals surface area contributed by atoms with Crippen LogP contribution in [0, 0.1) is 11.7 Å². The van der Waals surface area contributed by atoms with Gasteiger partial charge in [0.15, 0.2) is 0 Å². The Balaban J connectivity index is 2.02. The Morgan fingerprint density at radius 3 is 3.00 bits per heavy atom. The number of carboxylic acids is 1. The number of rotatable bonds is 4. The quantitative estimate of drug-likeness (QED) is 0.859. The maximum Gasteiger partial charge on any atom is 0.337 e. The monoisotopic (exact) mass is 252 g/mol. The number of halogens is 1. The topological polar surface area (TPSA) is 52.6 Å². The molecule has 2 N–H and O–H groups in total. The van der Waals surface area contributed by atoms with Crippen LogP contribution in [0.25, 0.3) is 0 Å². The van der Waals surface area contributed by atoms with E-state index in [0.29, 0.717) is 11.6 Å². The molecule has 1 atom stereocenters. The molecule has 1 aromatic carbocycles. The molecule has 0 aliphatic carbocycles. The molecule has 0 spiro atoms. The maximum atomic E-state index is 13.0. The predicted octanol–water partition coefficient (Wildman–Crippen LogP) is 1.89. The first-order chi connectivity index (χ1) is 8.56. The van der Waals surface area contributed by atoms with Crippen LogP contribution in [0.3, 0.4) is 0 Å². The number of nitrogens with zero attached hydrogens (tertiary/aromatic N) is 1. The van der Waals surface area contributed by atoms with Gasteiger partial charge in [0.05, 0.1) is 5.56 Å². The number of nitrogens with one attached hydrogen (secondary N) is 1. The van der Waals surface area contributed by atoms with Gasteiger partial charge in [-0.3, -0.25) is 0 Å². The Hall–Kier alpha value is -1.62. The standard InChI is InChI=1S/C13H17FN2O2/c1-16-5-4-9(8-16)7-15-12-3-2-10(14)6-11(12)13(17)18/h2-3,6,9,15H,4-5,7-8H2,1H3,(H,17,18). The first-order valence-electron chi connectivity index (χ1n) is 6.01. The van der Waals surface area contributed by atoms with Gasteiger partial charge in [0.1, 0.15) is 5.82 Å². The second-order valence-corrected chi connectivity index (χ2v) is 4.79. The van der Waals surface area contributed by atoms with Crippen molar-refractivity contribution in [3.05, 3.63) is 29.6 Å². The van der Waals surface area contributed by atoms with Crippen LogP contribution in [0.1, 0.15) is 16.8 Å². The van der Waals surface area contributed by atoms with Crippen molar-refractivity contribution in [2.75, 3.05) is 32.0 Å². The molecule has 1 aromatic rings. The summed E-state index contributed by atoms with van der Waals surface area (Å²) in [6.45, 7) is 2.80. The molecular weight excluding hydrogens is 235 g/mol. The van der Waals surface area contributed by atoms with Gasteiger partial charge in [-0.25, -0.2) is 9.18 Å². The van der Waals surface area contributed by atoms with Gasteiger partial charge in [-0.2, -0.15) is 0 Å². The SMILES string of the molecule is CN1CCC(CNc2ccc(F)cc2C(=O)O)C1. The van der Waals surface area contributed by atoms with E-state index >= 15 is 0 Å². The highest BCUT2D eigenvalue weighted by Gasteiger charge is 2.20. The van der Waals surface area contributed by atoms with E-state index < -0.39 is 11.8 Å². The number of carboxylic acid groups (broad SMARTS) is 1. The van der Waals surface area contributed by atoms with Gasteiger partial charge in [-0.1, -0.05) is 0 Å². The number of hydrogen-bond acceptors (Lipinski definition) is 3. The summed E-state index contributed by atoms with van der Waals surface area (Å²) in [6.07, 6.45) is 1.10. The van der Waals surface area contributed by atoms with Gasteiger partial charge in [0.25, 0.3) is 0 Å². The lowest BCUT2D eigenvalue weighted by molar-refractivity contribution is 0.0697. The smallest absolute Gasteiger partial charge is 0.337 e. The molecule has 1 unspecified atom stereocenters. The van der Waals surface area contributed by atoms with Crippen molar-refractivity contribution < 1.29 is 14.3 Å². The fraction of sp³-hybridized carbons (Fsp3) is 0.462. The summed E-state index contributed by atoms with van der Waals surface area (Å²) >= 11 is 0. The Kier molecular flexibility index (Phi) is 3.81. The van der Waals surface area contributed by atoms with Crippen LogP contribution < -0.4 is 5.32 Å². The van der Waals surface area contributed by atoms with Gasteiger partial charge < -0.3 is 15.3 Å². The zero-order valence-electron chi connectivity index (χ0n) is 10.3. The molecule has 1 heterocycles. The Labute approximate surface area is 105 Å². The normalized spacial score (nSPS) is 20.0. The molecule has 1 fully saturated rings.